The minimum Gasteiger partial charge on any atom is -0.369 e. The number of fused-ring (bicyclic) bond motifs is 1. The summed E-state index contributed by atoms with van der Waals surface area (Å²) >= 11 is 1.19. The van der Waals surface area contributed by atoms with Gasteiger partial charge in [-0.1, -0.05) is 41.6 Å². The number of para-hydroxylation sites is 1. The number of nitrogens with two attached hydrogens (primary N) is 1. The standard InChI is InChI=1S/C19H19N3O2S/c1-11-8-9-16(12(2)10-11)22-18(24)14-6-4-5-7-15(14)21-19(22)25-13(3)17(20)23/h4-10,13H,1-3H3,(H2,20,23)/t13-/m0/s1. The number of carbonyl (C=O) groups is 1. The van der Waals surface area contributed by atoms with E-state index in [1.165, 1.54) is 11.8 Å². The molecule has 0 spiro atoms. The molecule has 0 aliphatic rings. The fourth-order valence-corrected chi connectivity index (χ4v) is 3.55. The lowest BCUT2D eigenvalue weighted by Gasteiger charge is -2.17. The lowest BCUT2D eigenvalue weighted by atomic mass is 10.1. The Hall–Kier alpha value is -2.60. The fraction of sp³-hybridized carbons (Fsp3) is 0.211. The van der Waals surface area contributed by atoms with Gasteiger partial charge in [0.15, 0.2) is 5.16 Å². The van der Waals surface area contributed by atoms with Crippen LogP contribution in [0.4, 0.5) is 0 Å². The maximum absolute atomic E-state index is 13.1. The van der Waals surface area contributed by atoms with Crippen LogP contribution < -0.4 is 11.3 Å². The number of aryl methyl sites for hydroxylation is 2. The van der Waals surface area contributed by atoms with Gasteiger partial charge in [0.05, 0.1) is 21.8 Å². The molecule has 25 heavy (non-hydrogen) atoms. The lowest BCUT2D eigenvalue weighted by molar-refractivity contribution is -0.117. The highest BCUT2D eigenvalue weighted by atomic mass is 32.2. The molecule has 0 radical (unpaired) electrons. The Kier molecular flexibility index (Phi) is 4.63. The van der Waals surface area contributed by atoms with E-state index in [0.29, 0.717) is 16.1 Å². The molecule has 128 valence electrons. The van der Waals surface area contributed by atoms with Crippen molar-refractivity contribution in [2.45, 2.75) is 31.2 Å². The van der Waals surface area contributed by atoms with Crippen LogP contribution in [0.15, 0.2) is 52.4 Å². The lowest BCUT2D eigenvalue weighted by Crippen LogP contribution is -2.26. The Morgan fingerprint density at radius 1 is 1.20 bits per heavy atom. The van der Waals surface area contributed by atoms with Crippen LogP contribution in [0.2, 0.25) is 0 Å². The van der Waals surface area contributed by atoms with Crippen molar-refractivity contribution < 1.29 is 4.79 Å². The molecule has 2 aromatic carbocycles. The van der Waals surface area contributed by atoms with Gasteiger partial charge in [-0.05, 0) is 44.5 Å². The van der Waals surface area contributed by atoms with Crippen LogP contribution in [0, 0.1) is 13.8 Å². The van der Waals surface area contributed by atoms with Gasteiger partial charge in [0.25, 0.3) is 5.56 Å². The third kappa shape index (κ3) is 3.30. The molecule has 2 N–H and O–H groups in total. The Balaban J connectivity index is 2.32. The molecular weight excluding hydrogens is 334 g/mol. The monoisotopic (exact) mass is 353 g/mol. The zero-order valence-corrected chi connectivity index (χ0v) is 15.1. The van der Waals surface area contributed by atoms with Crippen molar-refractivity contribution in [2.75, 3.05) is 0 Å². The number of amides is 1. The topological polar surface area (TPSA) is 78.0 Å². The summed E-state index contributed by atoms with van der Waals surface area (Å²) in [6.07, 6.45) is 0. The summed E-state index contributed by atoms with van der Waals surface area (Å²) in [6, 6.07) is 13.1. The van der Waals surface area contributed by atoms with E-state index in [1.54, 1.807) is 23.6 Å². The summed E-state index contributed by atoms with van der Waals surface area (Å²) in [5.41, 5.74) is 8.68. The molecule has 0 bridgehead atoms. The summed E-state index contributed by atoms with van der Waals surface area (Å²) in [5.74, 6) is -0.445. The molecule has 1 aromatic heterocycles. The summed E-state index contributed by atoms with van der Waals surface area (Å²) in [7, 11) is 0. The fourth-order valence-electron chi connectivity index (χ4n) is 2.68. The second kappa shape index (κ2) is 6.72. The van der Waals surface area contributed by atoms with Crippen LogP contribution in [-0.4, -0.2) is 20.7 Å². The molecule has 1 amide bonds. The van der Waals surface area contributed by atoms with Gasteiger partial charge in [-0.3, -0.25) is 14.2 Å². The average Bonchev–Trinajstić information content (AvgIpc) is 2.56. The van der Waals surface area contributed by atoms with Crippen LogP contribution in [-0.2, 0) is 4.79 Å². The molecule has 0 unspecified atom stereocenters. The van der Waals surface area contributed by atoms with Gasteiger partial charge in [0, 0.05) is 0 Å². The van der Waals surface area contributed by atoms with Crippen LogP contribution >= 0.6 is 11.8 Å². The van der Waals surface area contributed by atoms with Gasteiger partial charge in [0.2, 0.25) is 5.91 Å². The van der Waals surface area contributed by atoms with E-state index in [2.05, 4.69) is 4.98 Å². The molecule has 3 rings (SSSR count). The molecule has 6 heteroatoms. The SMILES string of the molecule is Cc1ccc(-n2c(S[C@@H](C)C(N)=O)nc3ccccc3c2=O)c(C)c1. The highest BCUT2D eigenvalue weighted by Gasteiger charge is 2.19. The molecule has 0 aliphatic heterocycles. The molecule has 5 nitrogen and oxygen atoms in total. The maximum Gasteiger partial charge on any atom is 0.266 e. The minimum absolute atomic E-state index is 0.156. The Morgan fingerprint density at radius 2 is 1.92 bits per heavy atom. The first-order valence-electron chi connectivity index (χ1n) is 7.94. The number of thioether (sulfide) groups is 1. The summed E-state index contributed by atoms with van der Waals surface area (Å²) in [4.78, 5) is 29.2. The number of nitrogens with zero attached hydrogens (tertiary/aromatic N) is 2. The van der Waals surface area contributed by atoms with E-state index in [1.807, 2.05) is 44.2 Å². The number of hydrogen-bond acceptors (Lipinski definition) is 4. The molecule has 1 heterocycles. The third-order valence-electron chi connectivity index (χ3n) is 4.02. The first-order chi connectivity index (χ1) is 11.9. The normalized spacial score (nSPS) is 12.3. The van der Waals surface area contributed by atoms with Crippen LogP contribution in [0.1, 0.15) is 18.1 Å². The molecule has 0 aliphatic carbocycles. The largest absolute Gasteiger partial charge is 0.369 e. The minimum atomic E-state index is -0.495. The quantitative estimate of drug-likeness (QED) is 0.578. The predicted molar refractivity (Wildman–Crippen MR) is 101 cm³/mol. The van der Waals surface area contributed by atoms with Crippen molar-refractivity contribution >= 4 is 28.6 Å². The number of benzene rings is 2. The number of hydrogen-bond donors (Lipinski definition) is 1. The Bertz CT molecular complexity index is 1030. The van der Waals surface area contributed by atoms with E-state index >= 15 is 0 Å². The second-order valence-electron chi connectivity index (χ2n) is 6.00. The van der Waals surface area contributed by atoms with Crippen LogP contribution in [0.5, 0.6) is 0 Å². The first-order valence-corrected chi connectivity index (χ1v) is 8.82. The van der Waals surface area contributed by atoms with Gasteiger partial charge in [-0.2, -0.15) is 0 Å². The van der Waals surface area contributed by atoms with Gasteiger partial charge in [-0.15, -0.1) is 0 Å². The predicted octanol–water partition coefficient (Wildman–Crippen LogP) is 2.97. The number of carbonyl (C=O) groups excluding carboxylic acids is 1. The van der Waals surface area contributed by atoms with Gasteiger partial charge < -0.3 is 5.73 Å². The van der Waals surface area contributed by atoms with E-state index < -0.39 is 11.2 Å². The summed E-state index contributed by atoms with van der Waals surface area (Å²) in [6.45, 7) is 5.67. The summed E-state index contributed by atoms with van der Waals surface area (Å²) < 4.78 is 1.57. The molecule has 0 saturated heterocycles. The van der Waals surface area contributed by atoms with Crippen molar-refractivity contribution in [3.8, 4) is 5.69 Å². The summed E-state index contributed by atoms with van der Waals surface area (Å²) in [5, 5.41) is 0.505. The van der Waals surface area contributed by atoms with E-state index in [4.69, 9.17) is 5.73 Å². The van der Waals surface area contributed by atoms with E-state index in [-0.39, 0.29) is 5.56 Å². The zero-order chi connectivity index (χ0) is 18.1. The number of aromatic nitrogens is 2. The van der Waals surface area contributed by atoms with Crippen molar-refractivity contribution in [2.24, 2.45) is 5.73 Å². The van der Waals surface area contributed by atoms with Crippen LogP contribution in [0.25, 0.3) is 16.6 Å². The second-order valence-corrected chi connectivity index (χ2v) is 7.31. The van der Waals surface area contributed by atoms with Crippen molar-refractivity contribution in [3.05, 3.63) is 63.9 Å². The van der Waals surface area contributed by atoms with E-state index in [0.717, 1.165) is 16.8 Å². The van der Waals surface area contributed by atoms with Gasteiger partial charge in [0.1, 0.15) is 0 Å². The molecule has 0 saturated carbocycles. The third-order valence-corrected chi connectivity index (χ3v) is 5.09. The van der Waals surface area contributed by atoms with Gasteiger partial charge in [-0.25, -0.2) is 4.98 Å². The maximum atomic E-state index is 13.1. The number of rotatable bonds is 4. The molecular formula is C19H19N3O2S. The Morgan fingerprint density at radius 3 is 2.60 bits per heavy atom. The van der Waals surface area contributed by atoms with Crippen molar-refractivity contribution in [1.82, 2.24) is 9.55 Å². The highest BCUT2D eigenvalue weighted by Crippen LogP contribution is 2.26. The van der Waals surface area contributed by atoms with Gasteiger partial charge >= 0.3 is 0 Å². The van der Waals surface area contributed by atoms with Crippen LogP contribution in [0.3, 0.4) is 0 Å². The average molecular weight is 353 g/mol. The van der Waals surface area contributed by atoms with Crippen molar-refractivity contribution in [3.63, 3.8) is 0 Å². The number of primary amides is 1. The smallest absolute Gasteiger partial charge is 0.266 e. The molecule has 0 fully saturated rings. The molecule has 1 atom stereocenters. The first kappa shape index (κ1) is 17.2. The highest BCUT2D eigenvalue weighted by molar-refractivity contribution is 8.00. The zero-order valence-electron chi connectivity index (χ0n) is 14.3. The molecule has 3 aromatic rings. The van der Waals surface area contributed by atoms with Crippen molar-refractivity contribution in [1.29, 1.82) is 0 Å². The van der Waals surface area contributed by atoms with E-state index in [9.17, 15) is 9.59 Å². The Labute approximate surface area is 149 Å².